The number of anilines is 3. The number of aryl methyl sites for hydroxylation is 1. The molecule has 6 heteroatoms. The van der Waals surface area contributed by atoms with Crippen LogP contribution in [0.25, 0.3) is 0 Å². The van der Waals surface area contributed by atoms with Gasteiger partial charge in [0.15, 0.2) is 0 Å². The highest BCUT2D eigenvalue weighted by molar-refractivity contribution is 5.99. The molecule has 1 atom stereocenters. The van der Waals surface area contributed by atoms with E-state index in [-0.39, 0.29) is 11.9 Å². The zero-order valence-electron chi connectivity index (χ0n) is 15.7. The maximum atomic E-state index is 12.5. The molecule has 1 aliphatic rings. The molecule has 0 bridgehead atoms. The smallest absolute Gasteiger partial charge is 0.414 e. The van der Waals surface area contributed by atoms with Crippen molar-refractivity contribution in [1.82, 2.24) is 0 Å². The quantitative estimate of drug-likeness (QED) is 0.806. The van der Waals surface area contributed by atoms with Gasteiger partial charge in [0.05, 0.1) is 24.2 Å². The van der Waals surface area contributed by atoms with E-state index in [1.165, 1.54) is 7.11 Å². The number of methoxy groups -OCH3 is 1. The Bertz CT molecular complexity index is 836. The first-order chi connectivity index (χ1) is 13.0. The molecular formula is C21H25N3O3. The van der Waals surface area contributed by atoms with Crippen LogP contribution in [-0.2, 0) is 22.4 Å². The van der Waals surface area contributed by atoms with E-state index in [0.29, 0.717) is 24.2 Å². The van der Waals surface area contributed by atoms with Crippen LogP contribution < -0.4 is 16.0 Å². The van der Waals surface area contributed by atoms with Crippen molar-refractivity contribution in [3.05, 3.63) is 53.6 Å². The van der Waals surface area contributed by atoms with E-state index in [1.807, 2.05) is 43.3 Å². The maximum absolute atomic E-state index is 12.5. The van der Waals surface area contributed by atoms with E-state index in [1.54, 1.807) is 11.0 Å². The molecule has 2 amide bonds. The van der Waals surface area contributed by atoms with Gasteiger partial charge >= 0.3 is 6.09 Å². The van der Waals surface area contributed by atoms with Crippen molar-refractivity contribution in [2.75, 3.05) is 23.1 Å². The monoisotopic (exact) mass is 367 g/mol. The number of ether oxygens (including phenoxy) is 1. The standard InChI is InChI=1S/C21H25N3O3/c1-14-8-10-16-18(24(14)21(26)27-2)12-11-17(22)20(16)23-19(25)13-9-15-6-4-3-5-7-15/h3-7,11-12,14H,8-10,13,22H2,1-2H3,(H,23,25)/t14-/m0/s1. The molecule has 2 aromatic carbocycles. The van der Waals surface area contributed by atoms with Crippen LogP contribution in [0.3, 0.4) is 0 Å². The minimum atomic E-state index is -0.408. The summed E-state index contributed by atoms with van der Waals surface area (Å²) in [6.45, 7) is 1.98. The fraction of sp³-hybridized carbons (Fsp3) is 0.333. The molecule has 0 saturated heterocycles. The molecule has 0 unspecified atom stereocenters. The lowest BCUT2D eigenvalue weighted by atomic mass is 9.94. The molecule has 3 rings (SSSR count). The minimum absolute atomic E-state index is 0.0233. The van der Waals surface area contributed by atoms with Crippen LogP contribution in [0.15, 0.2) is 42.5 Å². The normalized spacial score (nSPS) is 15.8. The summed E-state index contributed by atoms with van der Waals surface area (Å²) in [5.41, 5.74) is 9.98. The fourth-order valence-corrected chi connectivity index (χ4v) is 3.48. The van der Waals surface area contributed by atoms with Crippen LogP contribution in [0.5, 0.6) is 0 Å². The zero-order chi connectivity index (χ0) is 19.4. The zero-order valence-corrected chi connectivity index (χ0v) is 15.7. The Morgan fingerprint density at radius 1 is 1.22 bits per heavy atom. The number of carbonyl (C=O) groups excluding carboxylic acids is 2. The third kappa shape index (κ3) is 4.05. The van der Waals surface area contributed by atoms with Crippen molar-refractivity contribution in [3.63, 3.8) is 0 Å². The van der Waals surface area contributed by atoms with Crippen LogP contribution in [0.4, 0.5) is 21.9 Å². The van der Waals surface area contributed by atoms with Crippen molar-refractivity contribution in [2.24, 2.45) is 0 Å². The second-order valence-electron chi connectivity index (χ2n) is 6.79. The van der Waals surface area contributed by atoms with Gasteiger partial charge in [0.1, 0.15) is 0 Å². The van der Waals surface area contributed by atoms with Gasteiger partial charge < -0.3 is 15.8 Å². The van der Waals surface area contributed by atoms with Gasteiger partial charge in [-0.25, -0.2) is 4.79 Å². The van der Waals surface area contributed by atoms with Gasteiger partial charge in [0, 0.05) is 18.0 Å². The first-order valence-electron chi connectivity index (χ1n) is 9.13. The van der Waals surface area contributed by atoms with Gasteiger partial charge in [0.25, 0.3) is 0 Å². The van der Waals surface area contributed by atoms with Gasteiger partial charge in [-0.05, 0) is 43.9 Å². The summed E-state index contributed by atoms with van der Waals surface area (Å²) in [5, 5.41) is 2.96. The van der Waals surface area contributed by atoms with Gasteiger partial charge in [-0.2, -0.15) is 0 Å². The van der Waals surface area contributed by atoms with Crippen molar-refractivity contribution >= 4 is 29.1 Å². The molecule has 2 aromatic rings. The minimum Gasteiger partial charge on any atom is -0.452 e. The Labute approximate surface area is 159 Å². The lowest BCUT2D eigenvalue weighted by molar-refractivity contribution is -0.116. The number of amides is 2. The number of fused-ring (bicyclic) bond motifs is 1. The molecule has 0 spiro atoms. The molecule has 0 aromatic heterocycles. The molecule has 6 nitrogen and oxygen atoms in total. The van der Waals surface area contributed by atoms with E-state index < -0.39 is 6.09 Å². The third-order valence-corrected chi connectivity index (χ3v) is 4.95. The lowest BCUT2D eigenvalue weighted by Crippen LogP contribution is -2.42. The Morgan fingerprint density at radius 2 is 1.96 bits per heavy atom. The fourth-order valence-electron chi connectivity index (χ4n) is 3.48. The van der Waals surface area contributed by atoms with Crippen molar-refractivity contribution in [2.45, 2.75) is 38.6 Å². The summed E-state index contributed by atoms with van der Waals surface area (Å²) in [7, 11) is 1.37. The van der Waals surface area contributed by atoms with E-state index in [4.69, 9.17) is 10.5 Å². The van der Waals surface area contributed by atoms with Crippen LogP contribution >= 0.6 is 0 Å². The number of hydrogen-bond donors (Lipinski definition) is 2. The average Bonchev–Trinajstić information content (AvgIpc) is 2.68. The van der Waals surface area contributed by atoms with Gasteiger partial charge in [-0.1, -0.05) is 30.3 Å². The summed E-state index contributed by atoms with van der Waals surface area (Å²) in [6, 6.07) is 13.4. The summed E-state index contributed by atoms with van der Waals surface area (Å²) >= 11 is 0. The van der Waals surface area contributed by atoms with Crippen LogP contribution in [-0.4, -0.2) is 25.2 Å². The number of nitrogens with two attached hydrogens (primary N) is 1. The second kappa shape index (κ2) is 8.12. The molecule has 0 saturated carbocycles. The summed E-state index contributed by atoms with van der Waals surface area (Å²) < 4.78 is 4.92. The van der Waals surface area contributed by atoms with Gasteiger partial charge in [-0.3, -0.25) is 9.69 Å². The highest BCUT2D eigenvalue weighted by atomic mass is 16.5. The number of nitrogens with zero attached hydrogens (tertiary/aromatic N) is 1. The Morgan fingerprint density at radius 3 is 2.67 bits per heavy atom. The number of carbonyl (C=O) groups is 2. The highest BCUT2D eigenvalue weighted by Crippen LogP contribution is 2.39. The summed E-state index contributed by atoms with van der Waals surface area (Å²) in [5.74, 6) is -0.0952. The SMILES string of the molecule is COC(=O)N1c2ccc(N)c(NC(=O)CCc3ccccc3)c2CC[C@@H]1C. The Hall–Kier alpha value is -3.02. The average molecular weight is 367 g/mol. The summed E-state index contributed by atoms with van der Waals surface area (Å²) in [6.07, 6.45) is 2.13. The van der Waals surface area contributed by atoms with E-state index in [9.17, 15) is 9.59 Å². The number of nitrogen functional groups attached to an aromatic ring is 1. The summed E-state index contributed by atoms with van der Waals surface area (Å²) in [4.78, 5) is 26.3. The highest BCUT2D eigenvalue weighted by Gasteiger charge is 2.31. The topological polar surface area (TPSA) is 84.7 Å². The molecular weight excluding hydrogens is 342 g/mol. The number of nitrogens with one attached hydrogen (secondary N) is 1. The first kappa shape index (κ1) is 18.8. The molecule has 27 heavy (non-hydrogen) atoms. The van der Waals surface area contributed by atoms with Crippen LogP contribution in [0, 0.1) is 0 Å². The molecule has 0 aliphatic carbocycles. The van der Waals surface area contributed by atoms with Crippen molar-refractivity contribution in [1.29, 1.82) is 0 Å². The van der Waals surface area contributed by atoms with Crippen LogP contribution in [0.2, 0.25) is 0 Å². The number of hydrogen-bond acceptors (Lipinski definition) is 4. The van der Waals surface area contributed by atoms with Gasteiger partial charge in [0.2, 0.25) is 5.91 Å². The maximum Gasteiger partial charge on any atom is 0.414 e. The largest absolute Gasteiger partial charge is 0.452 e. The molecule has 1 heterocycles. The number of rotatable bonds is 4. The predicted molar refractivity (Wildman–Crippen MR) is 107 cm³/mol. The molecule has 0 radical (unpaired) electrons. The molecule has 0 fully saturated rings. The van der Waals surface area contributed by atoms with Crippen molar-refractivity contribution < 1.29 is 14.3 Å². The number of benzene rings is 2. The second-order valence-corrected chi connectivity index (χ2v) is 6.79. The lowest BCUT2D eigenvalue weighted by Gasteiger charge is -2.35. The van der Waals surface area contributed by atoms with Gasteiger partial charge in [-0.15, -0.1) is 0 Å². The first-order valence-corrected chi connectivity index (χ1v) is 9.13. The van der Waals surface area contributed by atoms with Crippen molar-refractivity contribution in [3.8, 4) is 0 Å². The molecule has 3 N–H and O–H groups in total. The van der Waals surface area contributed by atoms with E-state index in [0.717, 1.165) is 29.7 Å². The molecule has 1 aliphatic heterocycles. The third-order valence-electron chi connectivity index (χ3n) is 4.95. The van der Waals surface area contributed by atoms with Crippen LogP contribution in [0.1, 0.15) is 30.9 Å². The molecule has 142 valence electrons. The Kier molecular flexibility index (Phi) is 5.64. The van der Waals surface area contributed by atoms with E-state index in [2.05, 4.69) is 5.32 Å². The Balaban J connectivity index is 1.80. The van der Waals surface area contributed by atoms with E-state index >= 15 is 0 Å². The predicted octanol–water partition coefficient (Wildman–Crippen LogP) is 3.75.